The molecule has 0 aromatic heterocycles. The molecule has 0 aliphatic rings. The van der Waals surface area contributed by atoms with Gasteiger partial charge in [0, 0.05) is 23.0 Å². The van der Waals surface area contributed by atoms with Crippen molar-refractivity contribution < 1.29 is 19.1 Å². The summed E-state index contributed by atoms with van der Waals surface area (Å²) in [4.78, 5) is 42.6. The number of para-hydroxylation sites is 1. The van der Waals surface area contributed by atoms with Crippen LogP contribution in [0, 0.1) is 25.2 Å². The van der Waals surface area contributed by atoms with Crippen molar-refractivity contribution in [2.24, 2.45) is 5.92 Å². The number of ether oxygens (including phenoxy) is 1. The highest BCUT2D eigenvalue weighted by molar-refractivity contribution is 7.80. The van der Waals surface area contributed by atoms with E-state index in [1.54, 1.807) is 49.9 Å². The standard InChI is InChI=1S/C32H43N3O4S/c1-9-24-15-11-12-16-25(24)28(29(36)33-26-17-13-10-14-22(26)4)35(23(5)19-18-21(2)3)30(37)27(20-40)34-31(38)39-32(6,7)8/h1,10-17,21,23,27-28,40H,18-20H2,2-8H3,(H,33,36)(H,34,38). The van der Waals surface area contributed by atoms with Crippen molar-refractivity contribution in [1.82, 2.24) is 10.2 Å². The van der Waals surface area contributed by atoms with E-state index in [-0.39, 0.29) is 11.8 Å². The minimum absolute atomic E-state index is 0.00833. The molecule has 2 aromatic carbocycles. The smallest absolute Gasteiger partial charge is 0.408 e. The number of hydrogen-bond acceptors (Lipinski definition) is 5. The van der Waals surface area contributed by atoms with Crippen LogP contribution >= 0.6 is 12.6 Å². The summed E-state index contributed by atoms with van der Waals surface area (Å²) in [6, 6.07) is 12.1. The molecule has 7 nitrogen and oxygen atoms in total. The number of terminal acetylenes is 1. The zero-order valence-corrected chi connectivity index (χ0v) is 25.5. The average molecular weight is 566 g/mol. The van der Waals surface area contributed by atoms with E-state index in [4.69, 9.17) is 11.2 Å². The number of benzene rings is 2. The highest BCUT2D eigenvalue weighted by atomic mass is 32.1. The van der Waals surface area contributed by atoms with Crippen molar-refractivity contribution in [2.75, 3.05) is 11.1 Å². The zero-order valence-electron chi connectivity index (χ0n) is 24.7. The van der Waals surface area contributed by atoms with E-state index in [1.807, 2.05) is 38.1 Å². The lowest BCUT2D eigenvalue weighted by atomic mass is 9.94. The van der Waals surface area contributed by atoms with Gasteiger partial charge in [0.05, 0.1) is 0 Å². The molecule has 0 bridgehead atoms. The monoisotopic (exact) mass is 565 g/mol. The van der Waals surface area contributed by atoms with Crippen LogP contribution in [-0.4, -0.2) is 46.2 Å². The quantitative estimate of drug-likeness (QED) is 0.226. The van der Waals surface area contributed by atoms with E-state index >= 15 is 0 Å². The summed E-state index contributed by atoms with van der Waals surface area (Å²) in [6.07, 6.45) is 6.59. The lowest BCUT2D eigenvalue weighted by Gasteiger charge is -2.39. The Kier molecular flexibility index (Phi) is 12.1. The first-order valence-corrected chi connectivity index (χ1v) is 14.3. The number of amides is 3. The molecule has 216 valence electrons. The largest absolute Gasteiger partial charge is 0.444 e. The Morgan fingerprint density at radius 3 is 2.23 bits per heavy atom. The second-order valence-corrected chi connectivity index (χ2v) is 11.8. The van der Waals surface area contributed by atoms with Gasteiger partial charge in [0.25, 0.3) is 5.91 Å². The van der Waals surface area contributed by atoms with Gasteiger partial charge >= 0.3 is 6.09 Å². The van der Waals surface area contributed by atoms with Crippen LogP contribution in [0.25, 0.3) is 0 Å². The molecule has 0 saturated heterocycles. The number of rotatable bonds is 11. The van der Waals surface area contributed by atoms with Crippen molar-refractivity contribution in [3.05, 3.63) is 65.2 Å². The Morgan fingerprint density at radius 1 is 1.02 bits per heavy atom. The molecule has 0 heterocycles. The molecule has 0 aliphatic carbocycles. The molecule has 2 aromatic rings. The summed E-state index contributed by atoms with van der Waals surface area (Å²) in [7, 11) is 0. The van der Waals surface area contributed by atoms with Crippen molar-refractivity contribution >= 4 is 36.2 Å². The molecule has 8 heteroatoms. The number of alkyl carbamates (subject to hydrolysis) is 1. The first-order chi connectivity index (χ1) is 18.8. The lowest BCUT2D eigenvalue weighted by Crippen LogP contribution is -2.55. The maximum Gasteiger partial charge on any atom is 0.408 e. The fourth-order valence-corrected chi connectivity index (χ4v) is 4.57. The van der Waals surface area contributed by atoms with Crippen LogP contribution in [0.2, 0.25) is 0 Å². The normalized spacial score (nSPS) is 13.5. The number of hydrogen-bond donors (Lipinski definition) is 3. The predicted molar refractivity (Wildman–Crippen MR) is 164 cm³/mol. The Labute approximate surface area is 244 Å². The van der Waals surface area contributed by atoms with Gasteiger partial charge in [0.2, 0.25) is 5.91 Å². The van der Waals surface area contributed by atoms with Crippen LogP contribution in [0.5, 0.6) is 0 Å². The second-order valence-electron chi connectivity index (χ2n) is 11.4. The highest BCUT2D eigenvalue weighted by Gasteiger charge is 2.39. The molecule has 3 atom stereocenters. The van der Waals surface area contributed by atoms with Gasteiger partial charge in [-0.15, -0.1) is 6.42 Å². The van der Waals surface area contributed by atoms with Crippen LogP contribution in [0.4, 0.5) is 10.5 Å². The first-order valence-electron chi connectivity index (χ1n) is 13.6. The topological polar surface area (TPSA) is 87.7 Å². The number of carbonyl (C=O) groups is 3. The fourth-order valence-electron chi connectivity index (χ4n) is 4.33. The summed E-state index contributed by atoms with van der Waals surface area (Å²) in [6.45, 7) is 13.3. The van der Waals surface area contributed by atoms with E-state index < -0.39 is 35.6 Å². The van der Waals surface area contributed by atoms with E-state index in [0.717, 1.165) is 12.0 Å². The lowest BCUT2D eigenvalue weighted by molar-refractivity contribution is -0.143. The molecule has 3 amide bonds. The number of carbonyl (C=O) groups excluding carboxylic acids is 3. The van der Waals surface area contributed by atoms with E-state index in [0.29, 0.717) is 29.2 Å². The number of anilines is 1. The van der Waals surface area contributed by atoms with Crippen molar-refractivity contribution in [3.63, 3.8) is 0 Å². The first kappa shape index (κ1) is 32.8. The minimum Gasteiger partial charge on any atom is -0.444 e. The van der Waals surface area contributed by atoms with Gasteiger partial charge < -0.3 is 20.3 Å². The maximum absolute atomic E-state index is 14.3. The zero-order chi connectivity index (χ0) is 30.0. The third kappa shape index (κ3) is 9.34. The molecule has 2 N–H and O–H groups in total. The molecule has 0 spiro atoms. The van der Waals surface area contributed by atoms with Crippen LogP contribution < -0.4 is 10.6 Å². The molecule has 3 unspecified atom stereocenters. The summed E-state index contributed by atoms with van der Waals surface area (Å²) in [5, 5.41) is 5.67. The molecule has 0 radical (unpaired) electrons. The van der Waals surface area contributed by atoms with Gasteiger partial charge in [-0.2, -0.15) is 12.6 Å². The van der Waals surface area contributed by atoms with Crippen LogP contribution in [0.1, 0.15) is 77.1 Å². The summed E-state index contributed by atoms with van der Waals surface area (Å²) < 4.78 is 5.40. The van der Waals surface area contributed by atoms with Gasteiger partial charge in [-0.25, -0.2) is 4.79 Å². The highest BCUT2D eigenvalue weighted by Crippen LogP contribution is 2.31. The Balaban J connectivity index is 2.64. The third-order valence-electron chi connectivity index (χ3n) is 6.40. The molecular formula is C32H43N3O4S. The van der Waals surface area contributed by atoms with Crippen LogP contribution in [-0.2, 0) is 14.3 Å². The minimum atomic E-state index is -1.07. The van der Waals surface area contributed by atoms with Crippen molar-refractivity contribution in [2.45, 2.75) is 85.0 Å². The molecule has 0 saturated carbocycles. The average Bonchev–Trinajstić information content (AvgIpc) is 2.88. The van der Waals surface area contributed by atoms with E-state index in [2.05, 4.69) is 43.0 Å². The molecule has 40 heavy (non-hydrogen) atoms. The Bertz CT molecular complexity index is 1220. The third-order valence-corrected chi connectivity index (χ3v) is 6.77. The predicted octanol–water partition coefficient (Wildman–Crippen LogP) is 6.13. The number of nitrogens with zero attached hydrogens (tertiary/aromatic N) is 1. The number of thiol groups is 1. The van der Waals surface area contributed by atoms with Gasteiger partial charge in [0.15, 0.2) is 0 Å². The van der Waals surface area contributed by atoms with Gasteiger partial charge in [-0.3, -0.25) is 9.59 Å². The summed E-state index contributed by atoms with van der Waals surface area (Å²) in [5.41, 5.74) is 1.79. The Morgan fingerprint density at radius 2 is 1.65 bits per heavy atom. The summed E-state index contributed by atoms with van der Waals surface area (Å²) in [5.74, 6) is 2.21. The summed E-state index contributed by atoms with van der Waals surface area (Å²) >= 11 is 4.38. The molecule has 0 aliphatic heterocycles. The SMILES string of the molecule is C#Cc1ccccc1C(C(=O)Nc1ccccc1C)N(C(=O)C(CS)NC(=O)OC(C)(C)C)C(C)CCC(C)C. The molecule has 2 rings (SSSR count). The van der Waals surface area contributed by atoms with Crippen molar-refractivity contribution in [1.29, 1.82) is 0 Å². The number of nitrogens with one attached hydrogen (secondary N) is 2. The van der Waals surface area contributed by atoms with Crippen LogP contribution in [0.15, 0.2) is 48.5 Å². The van der Waals surface area contributed by atoms with E-state index in [1.165, 1.54) is 0 Å². The molecule has 0 fully saturated rings. The van der Waals surface area contributed by atoms with Gasteiger partial charge in [-0.05, 0) is 76.6 Å². The van der Waals surface area contributed by atoms with Gasteiger partial charge in [0.1, 0.15) is 17.7 Å². The van der Waals surface area contributed by atoms with Crippen LogP contribution in [0.3, 0.4) is 0 Å². The van der Waals surface area contributed by atoms with Crippen molar-refractivity contribution in [3.8, 4) is 12.3 Å². The maximum atomic E-state index is 14.3. The van der Waals surface area contributed by atoms with Gasteiger partial charge in [-0.1, -0.05) is 56.2 Å². The van der Waals surface area contributed by atoms with E-state index in [9.17, 15) is 14.4 Å². The Hall–Kier alpha value is -3.44. The fraction of sp³-hybridized carbons (Fsp3) is 0.469. The number of aryl methyl sites for hydroxylation is 1. The second kappa shape index (κ2) is 14.8. The molecular weight excluding hydrogens is 522 g/mol.